The topological polar surface area (TPSA) is 35.5 Å². The summed E-state index contributed by atoms with van der Waals surface area (Å²) in [5.74, 6) is 1.19. The Morgan fingerprint density at radius 1 is 0.933 bits per heavy atom. The highest BCUT2D eigenvalue weighted by Crippen LogP contribution is 2.54. The third-order valence-corrected chi connectivity index (χ3v) is 6.47. The Labute approximate surface area is 182 Å². The van der Waals surface area contributed by atoms with Gasteiger partial charge in [0.1, 0.15) is 5.75 Å². The lowest BCUT2D eigenvalue weighted by atomic mass is 9.53. The van der Waals surface area contributed by atoms with Crippen molar-refractivity contribution < 1.29 is 14.3 Å². The minimum atomic E-state index is -0.657. The molecule has 0 fully saturated rings. The van der Waals surface area contributed by atoms with Crippen molar-refractivity contribution in [1.82, 2.24) is 0 Å². The van der Waals surface area contributed by atoms with Crippen molar-refractivity contribution in [2.45, 2.75) is 60.3 Å². The van der Waals surface area contributed by atoms with E-state index >= 15 is 0 Å². The summed E-state index contributed by atoms with van der Waals surface area (Å²) < 4.78 is 11.4. The molecule has 0 aliphatic carbocycles. The molecular formula is C27H38O3. The maximum atomic E-state index is 13.6. The Balaban J connectivity index is 2.81. The van der Waals surface area contributed by atoms with Crippen LogP contribution in [0.5, 0.6) is 5.75 Å². The average Bonchev–Trinajstić information content (AvgIpc) is 2.71. The maximum absolute atomic E-state index is 13.6. The van der Waals surface area contributed by atoms with Crippen molar-refractivity contribution in [2.75, 3.05) is 13.7 Å². The van der Waals surface area contributed by atoms with Crippen LogP contribution in [0.2, 0.25) is 0 Å². The van der Waals surface area contributed by atoms with E-state index in [4.69, 9.17) is 9.47 Å². The number of hydrogen-bond acceptors (Lipinski definition) is 3. The fourth-order valence-corrected chi connectivity index (χ4v) is 5.06. The molecule has 30 heavy (non-hydrogen) atoms. The van der Waals surface area contributed by atoms with Gasteiger partial charge in [0.2, 0.25) is 0 Å². The van der Waals surface area contributed by atoms with Gasteiger partial charge >= 0.3 is 5.97 Å². The van der Waals surface area contributed by atoms with Gasteiger partial charge in [-0.25, -0.2) is 0 Å². The minimum Gasteiger partial charge on any atom is -0.496 e. The highest BCUT2D eigenvalue weighted by atomic mass is 16.5. The summed E-state index contributed by atoms with van der Waals surface area (Å²) in [6, 6.07) is 16.4. The monoisotopic (exact) mass is 410 g/mol. The van der Waals surface area contributed by atoms with Crippen LogP contribution in [0.15, 0.2) is 48.5 Å². The summed E-state index contributed by atoms with van der Waals surface area (Å²) >= 11 is 0. The Hall–Kier alpha value is -2.29. The van der Waals surface area contributed by atoms with Crippen molar-refractivity contribution in [3.8, 4) is 16.9 Å². The van der Waals surface area contributed by atoms with E-state index < -0.39 is 10.8 Å². The number of para-hydroxylation sites is 1. The third-order valence-electron chi connectivity index (χ3n) is 6.47. The molecule has 0 aliphatic rings. The molecule has 0 saturated heterocycles. The van der Waals surface area contributed by atoms with Gasteiger partial charge in [-0.2, -0.15) is 0 Å². The van der Waals surface area contributed by atoms with E-state index in [0.29, 0.717) is 12.5 Å². The Morgan fingerprint density at radius 2 is 1.50 bits per heavy atom. The Bertz CT molecular complexity index is 851. The molecule has 0 N–H and O–H groups in total. The lowest BCUT2D eigenvalue weighted by molar-refractivity contribution is -0.166. The van der Waals surface area contributed by atoms with E-state index in [2.05, 4.69) is 65.8 Å². The van der Waals surface area contributed by atoms with E-state index in [1.807, 2.05) is 31.2 Å². The maximum Gasteiger partial charge on any atom is 0.313 e. The van der Waals surface area contributed by atoms with Crippen LogP contribution >= 0.6 is 0 Å². The SMILES string of the molecule is CCOC(=O)C(CC(C)C)(C(C)C)C(C)(C)c1ccccc1-c1ccccc1OC. The largest absolute Gasteiger partial charge is 0.496 e. The molecule has 1 atom stereocenters. The minimum absolute atomic E-state index is 0.103. The van der Waals surface area contributed by atoms with Crippen molar-refractivity contribution >= 4 is 5.97 Å². The van der Waals surface area contributed by atoms with Gasteiger partial charge in [0.05, 0.1) is 19.1 Å². The molecule has 3 heteroatoms. The molecule has 164 valence electrons. The van der Waals surface area contributed by atoms with Gasteiger partial charge < -0.3 is 9.47 Å². The first-order chi connectivity index (χ1) is 14.1. The third kappa shape index (κ3) is 4.26. The van der Waals surface area contributed by atoms with Gasteiger partial charge in [-0.3, -0.25) is 4.79 Å². The summed E-state index contributed by atoms with van der Waals surface area (Å²) in [6.07, 6.45) is 0.761. The Morgan fingerprint density at radius 3 is 2.03 bits per heavy atom. The van der Waals surface area contributed by atoms with Crippen molar-refractivity contribution in [1.29, 1.82) is 0 Å². The van der Waals surface area contributed by atoms with Gasteiger partial charge in [0, 0.05) is 11.0 Å². The molecule has 2 rings (SSSR count). The van der Waals surface area contributed by atoms with Gasteiger partial charge in [-0.05, 0) is 42.4 Å². The summed E-state index contributed by atoms with van der Waals surface area (Å²) in [7, 11) is 1.70. The first-order valence-corrected chi connectivity index (χ1v) is 11.0. The van der Waals surface area contributed by atoms with E-state index in [-0.39, 0.29) is 11.9 Å². The van der Waals surface area contributed by atoms with E-state index in [0.717, 1.165) is 28.9 Å². The number of rotatable bonds is 9. The van der Waals surface area contributed by atoms with Crippen LogP contribution in [-0.2, 0) is 14.9 Å². The number of methoxy groups -OCH3 is 1. The standard InChI is InChI=1S/C27H38O3/c1-9-30-25(28)27(20(4)5,18-19(2)3)26(6,7)23-16-12-10-14-21(23)22-15-11-13-17-24(22)29-8/h10-17,19-20H,9,18H2,1-8H3. The molecule has 2 aromatic rings. The summed E-state index contributed by atoms with van der Waals surface area (Å²) in [4.78, 5) is 13.6. The van der Waals surface area contributed by atoms with Crippen molar-refractivity contribution in [3.63, 3.8) is 0 Å². The summed E-state index contributed by atoms with van der Waals surface area (Å²) in [6.45, 7) is 15.3. The fraction of sp³-hybridized carbons (Fsp3) is 0.519. The zero-order chi connectivity index (χ0) is 22.5. The molecule has 2 aromatic carbocycles. The normalized spacial score (nSPS) is 13.9. The van der Waals surface area contributed by atoms with Crippen LogP contribution in [0.4, 0.5) is 0 Å². The van der Waals surface area contributed by atoms with Gasteiger partial charge in [-0.1, -0.05) is 84.0 Å². The number of carbonyl (C=O) groups excluding carboxylic acids is 1. The van der Waals surface area contributed by atoms with Crippen LogP contribution in [0.1, 0.15) is 60.5 Å². The van der Waals surface area contributed by atoms with Gasteiger partial charge in [0.25, 0.3) is 0 Å². The smallest absolute Gasteiger partial charge is 0.313 e. The molecule has 1 unspecified atom stereocenters. The number of carbonyl (C=O) groups is 1. The molecule has 0 saturated carbocycles. The highest BCUT2D eigenvalue weighted by molar-refractivity contribution is 5.82. The fourth-order valence-electron chi connectivity index (χ4n) is 5.06. The molecule has 0 spiro atoms. The molecular weight excluding hydrogens is 372 g/mol. The summed E-state index contributed by atoms with van der Waals surface area (Å²) in [5, 5.41) is 0. The zero-order valence-corrected chi connectivity index (χ0v) is 19.9. The molecule has 0 amide bonds. The highest BCUT2D eigenvalue weighted by Gasteiger charge is 2.55. The average molecular weight is 411 g/mol. The molecule has 0 radical (unpaired) electrons. The molecule has 0 aliphatic heterocycles. The molecule has 3 nitrogen and oxygen atoms in total. The van der Waals surface area contributed by atoms with Crippen molar-refractivity contribution in [2.24, 2.45) is 17.3 Å². The second-order valence-corrected chi connectivity index (χ2v) is 9.32. The van der Waals surface area contributed by atoms with Gasteiger partial charge in [0.15, 0.2) is 0 Å². The quantitative estimate of drug-likeness (QED) is 0.422. The Kier molecular flexibility index (Phi) is 7.74. The molecule has 0 bridgehead atoms. The van der Waals surface area contributed by atoms with Crippen LogP contribution in [-0.4, -0.2) is 19.7 Å². The summed E-state index contributed by atoms with van der Waals surface area (Å²) in [5.41, 5.74) is 2.15. The lowest BCUT2D eigenvalue weighted by Crippen LogP contribution is -2.53. The zero-order valence-electron chi connectivity index (χ0n) is 19.9. The second-order valence-electron chi connectivity index (χ2n) is 9.32. The van der Waals surface area contributed by atoms with Crippen LogP contribution in [0, 0.1) is 17.3 Å². The van der Waals surface area contributed by atoms with Crippen molar-refractivity contribution in [3.05, 3.63) is 54.1 Å². The van der Waals surface area contributed by atoms with Gasteiger partial charge in [-0.15, -0.1) is 0 Å². The number of esters is 1. The number of benzene rings is 2. The molecule has 0 heterocycles. The number of ether oxygens (including phenoxy) is 2. The van der Waals surface area contributed by atoms with Crippen LogP contribution in [0.3, 0.4) is 0 Å². The lowest BCUT2D eigenvalue weighted by Gasteiger charge is -2.49. The molecule has 0 aromatic heterocycles. The van der Waals surface area contributed by atoms with Crippen LogP contribution < -0.4 is 4.74 Å². The van der Waals surface area contributed by atoms with E-state index in [9.17, 15) is 4.79 Å². The first kappa shape index (κ1) is 24.0. The second kappa shape index (κ2) is 9.68. The van der Waals surface area contributed by atoms with Crippen LogP contribution in [0.25, 0.3) is 11.1 Å². The first-order valence-electron chi connectivity index (χ1n) is 11.0. The number of hydrogen-bond donors (Lipinski definition) is 0. The van der Waals surface area contributed by atoms with E-state index in [1.54, 1.807) is 7.11 Å². The van der Waals surface area contributed by atoms with E-state index in [1.165, 1.54) is 0 Å². The predicted octanol–water partition coefficient (Wildman–Crippen LogP) is 6.89. The predicted molar refractivity (Wildman–Crippen MR) is 125 cm³/mol.